The summed E-state index contributed by atoms with van der Waals surface area (Å²) in [4.78, 5) is 17.8. The molecule has 0 saturated carbocycles. The maximum Gasteiger partial charge on any atom is 0.227 e. The Labute approximate surface area is 152 Å². The van der Waals surface area contributed by atoms with E-state index in [1.54, 1.807) is 13.1 Å². The minimum Gasteiger partial charge on any atom is -0.352 e. The second-order valence-corrected chi connectivity index (χ2v) is 6.22. The van der Waals surface area contributed by atoms with Gasteiger partial charge in [-0.25, -0.2) is 4.39 Å². The number of anilines is 1. The van der Waals surface area contributed by atoms with E-state index in [2.05, 4.69) is 15.6 Å². The van der Waals surface area contributed by atoms with Gasteiger partial charge in [-0.2, -0.15) is 0 Å². The van der Waals surface area contributed by atoms with Gasteiger partial charge >= 0.3 is 0 Å². The summed E-state index contributed by atoms with van der Waals surface area (Å²) in [6.45, 7) is 1.90. The van der Waals surface area contributed by atoms with Crippen LogP contribution in [0.25, 0.3) is 0 Å². The Morgan fingerprint density at radius 3 is 2.46 bits per heavy atom. The molecule has 0 spiro atoms. The molecule has 5 nitrogen and oxygen atoms in total. The van der Waals surface area contributed by atoms with Crippen molar-refractivity contribution < 1.29 is 9.18 Å². The normalized spacial score (nSPS) is 14.6. The first-order chi connectivity index (χ1) is 12.7. The van der Waals surface area contributed by atoms with Crippen molar-refractivity contribution in [2.24, 2.45) is 4.99 Å². The summed E-state index contributed by atoms with van der Waals surface area (Å²) in [5.74, 6) is 0.592. The van der Waals surface area contributed by atoms with Crippen LogP contribution in [0.5, 0.6) is 0 Å². The minimum atomic E-state index is -0.246. The highest BCUT2D eigenvalue weighted by Gasteiger charge is 2.21. The van der Waals surface area contributed by atoms with E-state index in [0.29, 0.717) is 25.5 Å². The second kappa shape index (κ2) is 8.47. The Bertz CT molecular complexity index is 789. The van der Waals surface area contributed by atoms with Crippen LogP contribution in [-0.2, 0) is 17.9 Å². The SMILES string of the molecule is CN=C(NCc1ccc(N2CCCC2=O)cc1)NCc1cccc(F)c1. The fraction of sp³-hybridized carbons (Fsp3) is 0.300. The first-order valence-electron chi connectivity index (χ1n) is 8.74. The van der Waals surface area contributed by atoms with Gasteiger partial charge in [0.1, 0.15) is 5.82 Å². The Hall–Kier alpha value is -2.89. The molecule has 0 aliphatic carbocycles. The van der Waals surface area contributed by atoms with Crippen LogP contribution < -0.4 is 15.5 Å². The summed E-state index contributed by atoms with van der Waals surface area (Å²) >= 11 is 0. The zero-order valence-corrected chi connectivity index (χ0v) is 14.8. The van der Waals surface area contributed by atoms with Crippen molar-refractivity contribution in [3.05, 3.63) is 65.5 Å². The zero-order chi connectivity index (χ0) is 18.4. The summed E-state index contributed by atoms with van der Waals surface area (Å²) in [5.41, 5.74) is 2.89. The average molecular weight is 354 g/mol. The van der Waals surface area contributed by atoms with Crippen LogP contribution >= 0.6 is 0 Å². The van der Waals surface area contributed by atoms with E-state index in [4.69, 9.17) is 0 Å². The Morgan fingerprint density at radius 1 is 1.12 bits per heavy atom. The van der Waals surface area contributed by atoms with Crippen molar-refractivity contribution >= 4 is 17.6 Å². The highest BCUT2D eigenvalue weighted by atomic mass is 19.1. The van der Waals surface area contributed by atoms with Crippen LogP contribution in [0.4, 0.5) is 10.1 Å². The van der Waals surface area contributed by atoms with Gasteiger partial charge in [-0.3, -0.25) is 9.79 Å². The van der Waals surface area contributed by atoms with E-state index in [0.717, 1.165) is 29.8 Å². The van der Waals surface area contributed by atoms with Crippen molar-refractivity contribution in [2.75, 3.05) is 18.5 Å². The molecular formula is C20H23FN4O. The Kier molecular flexibility index (Phi) is 5.84. The van der Waals surface area contributed by atoms with Crippen LogP contribution in [0.2, 0.25) is 0 Å². The molecule has 1 amide bonds. The fourth-order valence-corrected chi connectivity index (χ4v) is 2.95. The van der Waals surface area contributed by atoms with Gasteiger partial charge in [0.05, 0.1) is 0 Å². The number of hydrogen-bond acceptors (Lipinski definition) is 2. The number of aliphatic imine (C=N–C) groups is 1. The highest BCUT2D eigenvalue weighted by Crippen LogP contribution is 2.21. The number of rotatable bonds is 5. The zero-order valence-electron chi connectivity index (χ0n) is 14.8. The first-order valence-corrected chi connectivity index (χ1v) is 8.74. The molecule has 1 aliphatic heterocycles. The van der Waals surface area contributed by atoms with Gasteiger partial charge in [0.2, 0.25) is 5.91 Å². The molecule has 2 aromatic carbocycles. The maximum absolute atomic E-state index is 13.2. The molecule has 6 heteroatoms. The Balaban J connectivity index is 1.51. The highest BCUT2D eigenvalue weighted by molar-refractivity contribution is 5.95. The van der Waals surface area contributed by atoms with E-state index in [-0.39, 0.29) is 11.7 Å². The monoisotopic (exact) mass is 354 g/mol. The van der Waals surface area contributed by atoms with E-state index in [1.807, 2.05) is 35.2 Å². The van der Waals surface area contributed by atoms with E-state index < -0.39 is 0 Å². The number of nitrogens with one attached hydrogen (secondary N) is 2. The molecule has 3 rings (SSSR count). The van der Waals surface area contributed by atoms with E-state index in [1.165, 1.54) is 12.1 Å². The van der Waals surface area contributed by atoms with Crippen molar-refractivity contribution in [3.63, 3.8) is 0 Å². The van der Waals surface area contributed by atoms with Crippen LogP contribution in [0, 0.1) is 5.82 Å². The fourth-order valence-electron chi connectivity index (χ4n) is 2.95. The number of carbonyl (C=O) groups excluding carboxylic acids is 1. The van der Waals surface area contributed by atoms with Crippen molar-refractivity contribution in [2.45, 2.75) is 25.9 Å². The lowest BCUT2D eigenvalue weighted by molar-refractivity contribution is -0.117. The molecule has 136 valence electrons. The summed E-state index contributed by atoms with van der Waals surface area (Å²) in [6, 6.07) is 14.4. The third-order valence-corrected chi connectivity index (χ3v) is 4.35. The number of amides is 1. The quantitative estimate of drug-likeness (QED) is 0.641. The number of hydrogen-bond donors (Lipinski definition) is 2. The molecule has 0 radical (unpaired) electrons. The lowest BCUT2D eigenvalue weighted by Crippen LogP contribution is -2.36. The van der Waals surface area contributed by atoms with Crippen molar-refractivity contribution in [1.82, 2.24) is 10.6 Å². The average Bonchev–Trinajstić information content (AvgIpc) is 3.08. The predicted molar refractivity (Wildman–Crippen MR) is 101 cm³/mol. The van der Waals surface area contributed by atoms with Crippen LogP contribution in [0.15, 0.2) is 53.5 Å². The number of benzene rings is 2. The lowest BCUT2D eigenvalue weighted by atomic mass is 10.2. The summed E-state index contributed by atoms with van der Waals surface area (Å²) < 4.78 is 13.2. The summed E-state index contributed by atoms with van der Waals surface area (Å²) in [7, 11) is 1.70. The van der Waals surface area contributed by atoms with Gasteiger partial charge in [0, 0.05) is 38.8 Å². The van der Waals surface area contributed by atoms with E-state index in [9.17, 15) is 9.18 Å². The van der Waals surface area contributed by atoms with Gasteiger partial charge in [0.15, 0.2) is 5.96 Å². The number of nitrogens with zero attached hydrogens (tertiary/aromatic N) is 2. The van der Waals surface area contributed by atoms with Gasteiger partial charge in [0.25, 0.3) is 0 Å². The van der Waals surface area contributed by atoms with Crippen molar-refractivity contribution in [3.8, 4) is 0 Å². The lowest BCUT2D eigenvalue weighted by Gasteiger charge is -2.16. The molecule has 0 atom stereocenters. The van der Waals surface area contributed by atoms with Gasteiger partial charge in [-0.15, -0.1) is 0 Å². The van der Waals surface area contributed by atoms with Gasteiger partial charge in [-0.05, 0) is 41.8 Å². The predicted octanol–water partition coefficient (Wildman–Crippen LogP) is 2.82. The smallest absolute Gasteiger partial charge is 0.227 e. The molecule has 2 aromatic rings. The maximum atomic E-state index is 13.2. The van der Waals surface area contributed by atoms with Crippen molar-refractivity contribution in [1.29, 1.82) is 0 Å². The third kappa shape index (κ3) is 4.59. The summed E-state index contributed by atoms with van der Waals surface area (Å²) in [5, 5.41) is 6.40. The molecule has 26 heavy (non-hydrogen) atoms. The van der Waals surface area contributed by atoms with Crippen LogP contribution in [0.1, 0.15) is 24.0 Å². The third-order valence-electron chi connectivity index (χ3n) is 4.35. The van der Waals surface area contributed by atoms with E-state index >= 15 is 0 Å². The number of carbonyl (C=O) groups is 1. The molecular weight excluding hydrogens is 331 g/mol. The van der Waals surface area contributed by atoms with Crippen LogP contribution in [0.3, 0.4) is 0 Å². The molecule has 1 aliphatic rings. The van der Waals surface area contributed by atoms with Gasteiger partial charge in [-0.1, -0.05) is 24.3 Å². The molecule has 2 N–H and O–H groups in total. The molecule has 0 bridgehead atoms. The molecule has 1 saturated heterocycles. The van der Waals surface area contributed by atoms with Gasteiger partial charge < -0.3 is 15.5 Å². The topological polar surface area (TPSA) is 56.7 Å². The summed E-state index contributed by atoms with van der Waals surface area (Å²) in [6.07, 6.45) is 1.56. The standard InChI is InChI=1S/C20H23FN4O/c1-22-20(24-14-16-4-2-5-17(21)12-16)23-13-15-7-9-18(10-8-15)25-11-3-6-19(25)26/h2,4-5,7-10,12H,3,6,11,13-14H2,1H3,(H2,22,23,24). The largest absolute Gasteiger partial charge is 0.352 e. The Morgan fingerprint density at radius 2 is 1.85 bits per heavy atom. The minimum absolute atomic E-state index is 0.192. The molecule has 1 fully saturated rings. The first kappa shape index (κ1) is 17.9. The number of halogens is 1. The molecule has 1 heterocycles. The molecule has 0 unspecified atom stereocenters. The molecule has 0 aromatic heterocycles. The van der Waals surface area contributed by atoms with Crippen LogP contribution in [-0.4, -0.2) is 25.5 Å². The number of guanidine groups is 1. The second-order valence-electron chi connectivity index (χ2n) is 6.22.